The average Bonchev–Trinajstić information content (AvgIpc) is 2.85. The van der Waals surface area contributed by atoms with Gasteiger partial charge in [-0.15, -0.1) is 0 Å². The first-order chi connectivity index (χ1) is 11.7. The van der Waals surface area contributed by atoms with E-state index in [1.807, 2.05) is 36.4 Å². The molecule has 4 nitrogen and oxygen atoms in total. The largest absolute Gasteiger partial charge is 0.508 e. The number of carbonyl (C=O) groups excluding carboxylic acids is 2. The molecule has 1 saturated heterocycles. The van der Waals surface area contributed by atoms with Crippen molar-refractivity contribution >= 4 is 29.0 Å². The van der Waals surface area contributed by atoms with E-state index in [0.29, 0.717) is 10.7 Å². The van der Waals surface area contributed by atoms with E-state index in [9.17, 15) is 14.7 Å². The molecule has 2 N–H and O–H groups in total. The summed E-state index contributed by atoms with van der Waals surface area (Å²) in [5, 5.41) is 12.0. The minimum absolute atomic E-state index is 0.149. The topological polar surface area (TPSA) is 66.4 Å². The highest BCUT2D eigenvalue weighted by atomic mass is 32.2. The minimum atomic E-state index is -0.354. The van der Waals surface area contributed by atoms with Crippen LogP contribution in [-0.4, -0.2) is 16.3 Å². The molecule has 1 aliphatic heterocycles. The van der Waals surface area contributed by atoms with E-state index in [4.69, 9.17) is 0 Å². The fourth-order valence-corrected chi connectivity index (χ4v) is 3.34. The quantitative estimate of drug-likeness (QED) is 0.769. The number of amides is 2. The van der Waals surface area contributed by atoms with Gasteiger partial charge in [-0.05, 0) is 57.6 Å². The van der Waals surface area contributed by atoms with Gasteiger partial charge in [0.1, 0.15) is 5.75 Å². The number of hydrogen-bond donors (Lipinski definition) is 2. The van der Waals surface area contributed by atoms with E-state index in [0.717, 1.165) is 34.0 Å². The number of rotatable bonds is 2. The zero-order valence-corrected chi connectivity index (χ0v) is 15.1. The maximum Gasteiger partial charge on any atom is 0.290 e. The van der Waals surface area contributed by atoms with Gasteiger partial charge in [-0.2, -0.15) is 0 Å². The molecule has 5 heteroatoms. The predicted molar refractivity (Wildman–Crippen MR) is 101 cm³/mol. The highest BCUT2D eigenvalue weighted by molar-refractivity contribution is 8.18. The van der Waals surface area contributed by atoms with Crippen LogP contribution in [0.15, 0.2) is 47.4 Å². The summed E-state index contributed by atoms with van der Waals surface area (Å²) in [4.78, 5) is 23.2. The average molecular weight is 353 g/mol. The number of carbonyl (C=O) groups is 2. The Bertz CT molecular complexity index is 877. The molecule has 0 aliphatic carbocycles. The minimum Gasteiger partial charge on any atom is -0.508 e. The highest BCUT2D eigenvalue weighted by Gasteiger charge is 2.24. The van der Waals surface area contributed by atoms with Gasteiger partial charge in [0.25, 0.3) is 11.1 Å². The number of phenols is 1. The van der Waals surface area contributed by atoms with Crippen molar-refractivity contribution in [2.75, 3.05) is 0 Å². The first-order valence-corrected chi connectivity index (χ1v) is 8.74. The third kappa shape index (κ3) is 3.77. The fourth-order valence-electron chi connectivity index (χ4n) is 2.66. The third-order valence-corrected chi connectivity index (χ3v) is 4.80. The smallest absolute Gasteiger partial charge is 0.290 e. The van der Waals surface area contributed by atoms with Gasteiger partial charge in [-0.25, -0.2) is 0 Å². The molecule has 0 bridgehead atoms. The van der Waals surface area contributed by atoms with E-state index in [1.54, 1.807) is 12.1 Å². The summed E-state index contributed by atoms with van der Waals surface area (Å²) < 4.78 is 0. The molecule has 0 spiro atoms. The highest BCUT2D eigenvalue weighted by Crippen LogP contribution is 2.34. The number of hydrogen-bond acceptors (Lipinski definition) is 4. The molecule has 0 aromatic heterocycles. The van der Waals surface area contributed by atoms with E-state index < -0.39 is 0 Å². The number of benzene rings is 2. The van der Waals surface area contributed by atoms with Crippen LogP contribution in [0.5, 0.6) is 5.75 Å². The molecule has 2 aromatic rings. The van der Waals surface area contributed by atoms with Crippen LogP contribution in [-0.2, 0) is 10.2 Å². The van der Waals surface area contributed by atoms with Crippen molar-refractivity contribution < 1.29 is 14.7 Å². The van der Waals surface area contributed by atoms with Gasteiger partial charge in [0.05, 0.1) is 4.91 Å². The SMILES string of the molecule is CC(C)(C)c1cc(-c2ccc(/C=C3\SC(=O)NC3=O)cc2)ccc1O. The summed E-state index contributed by atoms with van der Waals surface area (Å²) >= 11 is 0.909. The van der Waals surface area contributed by atoms with Crippen molar-refractivity contribution in [1.82, 2.24) is 5.32 Å². The lowest BCUT2D eigenvalue weighted by molar-refractivity contribution is -0.115. The lowest BCUT2D eigenvalue weighted by Crippen LogP contribution is -2.17. The normalized spacial score (nSPS) is 16.4. The molecule has 0 atom stereocenters. The monoisotopic (exact) mass is 353 g/mol. The van der Waals surface area contributed by atoms with Crippen molar-refractivity contribution in [2.45, 2.75) is 26.2 Å². The molecule has 0 unspecified atom stereocenters. The number of aromatic hydroxyl groups is 1. The summed E-state index contributed by atoms with van der Waals surface area (Å²) in [6.45, 7) is 6.19. The first-order valence-electron chi connectivity index (χ1n) is 7.93. The summed E-state index contributed by atoms with van der Waals surface area (Å²) in [6.07, 6.45) is 1.70. The molecule has 0 radical (unpaired) electrons. The molecule has 25 heavy (non-hydrogen) atoms. The van der Waals surface area contributed by atoms with Crippen LogP contribution in [0.2, 0.25) is 0 Å². The molecule has 2 amide bonds. The Morgan fingerprint density at radius 3 is 2.20 bits per heavy atom. The Hall–Kier alpha value is -2.53. The van der Waals surface area contributed by atoms with E-state index in [-0.39, 0.29) is 16.6 Å². The van der Waals surface area contributed by atoms with Gasteiger partial charge in [-0.3, -0.25) is 14.9 Å². The summed E-state index contributed by atoms with van der Waals surface area (Å²) in [5.41, 5.74) is 3.64. The molecular formula is C20H19NO3S. The van der Waals surface area contributed by atoms with Crippen LogP contribution in [0.25, 0.3) is 17.2 Å². The van der Waals surface area contributed by atoms with Crippen LogP contribution in [0, 0.1) is 0 Å². The fraction of sp³-hybridized carbons (Fsp3) is 0.200. The second-order valence-corrected chi connectivity index (χ2v) is 7.97. The van der Waals surface area contributed by atoms with Gasteiger partial charge in [0, 0.05) is 0 Å². The van der Waals surface area contributed by atoms with Gasteiger partial charge in [0.15, 0.2) is 0 Å². The maximum atomic E-state index is 11.6. The van der Waals surface area contributed by atoms with Crippen molar-refractivity contribution in [3.05, 3.63) is 58.5 Å². The van der Waals surface area contributed by atoms with Crippen molar-refractivity contribution in [1.29, 1.82) is 0 Å². The summed E-state index contributed by atoms with van der Waals surface area (Å²) in [7, 11) is 0. The zero-order valence-electron chi connectivity index (χ0n) is 14.3. The molecule has 1 fully saturated rings. The van der Waals surface area contributed by atoms with Gasteiger partial charge < -0.3 is 5.11 Å². The van der Waals surface area contributed by atoms with Crippen LogP contribution in [0.3, 0.4) is 0 Å². The van der Waals surface area contributed by atoms with Crippen LogP contribution in [0.1, 0.15) is 31.9 Å². The van der Waals surface area contributed by atoms with Crippen molar-refractivity contribution in [3.63, 3.8) is 0 Å². The number of nitrogens with one attached hydrogen (secondary N) is 1. The molecule has 1 heterocycles. The number of phenolic OH excluding ortho intramolecular Hbond substituents is 1. The molecule has 1 aliphatic rings. The third-order valence-electron chi connectivity index (χ3n) is 3.99. The Labute approximate surface area is 151 Å². The Morgan fingerprint density at radius 2 is 1.64 bits per heavy atom. The summed E-state index contributed by atoms with van der Waals surface area (Å²) in [6, 6.07) is 13.3. The van der Waals surface area contributed by atoms with Crippen LogP contribution in [0.4, 0.5) is 4.79 Å². The molecule has 3 rings (SSSR count). The second kappa shape index (κ2) is 6.41. The number of imide groups is 1. The molecule has 0 saturated carbocycles. The Kier molecular flexibility index (Phi) is 4.43. The lowest BCUT2D eigenvalue weighted by Gasteiger charge is -2.21. The zero-order chi connectivity index (χ0) is 18.2. The molecule has 2 aromatic carbocycles. The Morgan fingerprint density at radius 1 is 1.00 bits per heavy atom. The molecule has 128 valence electrons. The molecular weight excluding hydrogens is 334 g/mol. The van der Waals surface area contributed by atoms with E-state index >= 15 is 0 Å². The van der Waals surface area contributed by atoms with Crippen molar-refractivity contribution in [3.8, 4) is 16.9 Å². The van der Waals surface area contributed by atoms with Gasteiger partial charge in [0.2, 0.25) is 0 Å². The van der Waals surface area contributed by atoms with Crippen LogP contribution >= 0.6 is 11.8 Å². The van der Waals surface area contributed by atoms with Crippen LogP contribution < -0.4 is 5.32 Å². The number of thioether (sulfide) groups is 1. The van der Waals surface area contributed by atoms with E-state index in [2.05, 4.69) is 26.1 Å². The first kappa shape index (κ1) is 17.3. The second-order valence-electron chi connectivity index (χ2n) is 6.96. The van der Waals surface area contributed by atoms with Gasteiger partial charge in [-0.1, -0.05) is 51.1 Å². The maximum absolute atomic E-state index is 11.6. The predicted octanol–water partition coefficient (Wildman–Crippen LogP) is 4.68. The summed E-state index contributed by atoms with van der Waals surface area (Å²) in [5.74, 6) is -0.0565. The van der Waals surface area contributed by atoms with Gasteiger partial charge >= 0.3 is 0 Å². The lowest BCUT2D eigenvalue weighted by atomic mass is 9.84. The standard InChI is InChI=1S/C20H19NO3S/c1-20(2,3)15-11-14(8-9-16(15)22)13-6-4-12(5-7-13)10-17-18(23)21-19(24)25-17/h4-11,22H,1-3H3,(H,21,23,24)/b17-10-. The Balaban J connectivity index is 1.90. The van der Waals surface area contributed by atoms with Crippen molar-refractivity contribution in [2.24, 2.45) is 0 Å². The van der Waals surface area contributed by atoms with E-state index in [1.165, 1.54) is 0 Å².